The van der Waals surface area contributed by atoms with Crippen molar-refractivity contribution in [2.45, 2.75) is 31.7 Å². The minimum Gasteiger partial charge on any atom is -0.398 e. The molecule has 102 valence electrons. The Labute approximate surface area is 108 Å². The molecule has 0 aliphatic rings. The first-order valence-electron chi connectivity index (χ1n) is 5.78. The molecule has 1 aromatic carbocycles. The minimum atomic E-state index is -3.66. The normalized spacial score (nSPS) is 13.8. The molecule has 1 unspecified atom stereocenters. The van der Waals surface area contributed by atoms with Crippen LogP contribution in [0.2, 0.25) is 0 Å². The number of sulfonamides is 1. The molecule has 0 saturated heterocycles. The van der Waals surface area contributed by atoms with E-state index in [0.29, 0.717) is 11.3 Å². The number of hydrogen-bond donors (Lipinski definition) is 3. The molecule has 0 heterocycles. The molecule has 4 N–H and O–H groups in total. The molecule has 0 bridgehead atoms. The number of aliphatic hydroxyl groups excluding tert-OH is 1. The Balaban J connectivity index is 3.11. The first kappa shape index (κ1) is 14.9. The van der Waals surface area contributed by atoms with Crippen LogP contribution in [0.1, 0.15) is 19.4 Å². The van der Waals surface area contributed by atoms with Crippen LogP contribution in [0, 0.1) is 12.8 Å². The van der Waals surface area contributed by atoms with Gasteiger partial charge in [-0.2, -0.15) is 0 Å². The summed E-state index contributed by atoms with van der Waals surface area (Å²) in [6.07, 6.45) is 0. The zero-order valence-corrected chi connectivity index (χ0v) is 11.7. The predicted octanol–water partition coefficient (Wildman–Crippen LogP) is 0.872. The van der Waals surface area contributed by atoms with E-state index in [1.165, 1.54) is 6.07 Å². The topological polar surface area (TPSA) is 92.4 Å². The van der Waals surface area contributed by atoms with Gasteiger partial charge in [0.2, 0.25) is 10.0 Å². The summed E-state index contributed by atoms with van der Waals surface area (Å²) >= 11 is 0. The van der Waals surface area contributed by atoms with Crippen LogP contribution in [0.25, 0.3) is 0 Å². The molecular weight excluding hydrogens is 252 g/mol. The lowest BCUT2D eigenvalue weighted by Crippen LogP contribution is -2.41. The van der Waals surface area contributed by atoms with Gasteiger partial charge in [0.15, 0.2) is 0 Å². The van der Waals surface area contributed by atoms with Gasteiger partial charge in [-0.1, -0.05) is 19.9 Å². The van der Waals surface area contributed by atoms with Gasteiger partial charge in [-0.25, -0.2) is 13.1 Å². The summed E-state index contributed by atoms with van der Waals surface area (Å²) in [4.78, 5) is 0.154. The third-order valence-corrected chi connectivity index (χ3v) is 4.56. The highest BCUT2D eigenvalue weighted by atomic mass is 32.2. The van der Waals surface area contributed by atoms with Crippen molar-refractivity contribution >= 4 is 15.7 Å². The van der Waals surface area contributed by atoms with Crippen LogP contribution in [-0.2, 0) is 10.0 Å². The fraction of sp³-hybridized carbons (Fsp3) is 0.500. The van der Waals surface area contributed by atoms with Crippen LogP contribution in [0.15, 0.2) is 23.1 Å². The Hall–Kier alpha value is -1.11. The molecule has 0 saturated carbocycles. The lowest BCUT2D eigenvalue weighted by Gasteiger charge is -2.20. The van der Waals surface area contributed by atoms with E-state index >= 15 is 0 Å². The highest BCUT2D eigenvalue weighted by Crippen LogP contribution is 2.21. The number of nitrogens with two attached hydrogens (primary N) is 1. The van der Waals surface area contributed by atoms with Gasteiger partial charge in [-0.05, 0) is 30.5 Å². The van der Waals surface area contributed by atoms with E-state index < -0.39 is 16.1 Å². The molecular formula is C12H20N2O3S. The monoisotopic (exact) mass is 272 g/mol. The Kier molecular flexibility index (Phi) is 4.72. The van der Waals surface area contributed by atoms with E-state index in [-0.39, 0.29) is 17.4 Å². The maximum absolute atomic E-state index is 12.2. The molecule has 6 heteroatoms. The zero-order valence-electron chi connectivity index (χ0n) is 10.8. The molecule has 0 radical (unpaired) electrons. The molecule has 0 aliphatic heterocycles. The fourth-order valence-corrected chi connectivity index (χ4v) is 3.22. The molecule has 5 nitrogen and oxygen atoms in total. The first-order valence-corrected chi connectivity index (χ1v) is 7.26. The summed E-state index contributed by atoms with van der Waals surface area (Å²) in [6, 6.07) is 4.25. The van der Waals surface area contributed by atoms with Crippen LogP contribution in [0.5, 0.6) is 0 Å². The van der Waals surface area contributed by atoms with Crippen LogP contribution in [0.4, 0.5) is 5.69 Å². The molecule has 1 atom stereocenters. The van der Waals surface area contributed by atoms with Crippen LogP contribution in [-0.4, -0.2) is 26.2 Å². The fourth-order valence-electron chi connectivity index (χ4n) is 1.57. The maximum atomic E-state index is 12.2. The number of nitrogens with one attached hydrogen (secondary N) is 1. The predicted molar refractivity (Wildman–Crippen MR) is 71.6 cm³/mol. The van der Waals surface area contributed by atoms with E-state index in [9.17, 15) is 13.5 Å². The van der Waals surface area contributed by atoms with Crippen molar-refractivity contribution in [3.8, 4) is 0 Å². The SMILES string of the molecule is Cc1c(N)cccc1S(=O)(=O)NC(CO)C(C)C. The Morgan fingerprint density at radius 2 is 2.00 bits per heavy atom. The van der Waals surface area contributed by atoms with Crippen molar-refractivity contribution in [2.24, 2.45) is 5.92 Å². The molecule has 0 spiro atoms. The van der Waals surface area contributed by atoms with Crippen molar-refractivity contribution in [3.05, 3.63) is 23.8 Å². The van der Waals surface area contributed by atoms with Crippen molar-refractivity contribution < 1.29 is 13.5 Å². The minimum absolute atomic E-state index is 0.00569. The van der Waals surface area contributed by atoms with Crippen molar-refractivity contribution in [2.75, 3.05) is 12.3 Å². The van der Waals surface area contributed by atoms with Crippen molar-refractivity contribution in [3.63, 3.8) is 0 Å². The van der Waals surface area contributed by atoms with Crippen LogP contribution in [0.3, 0.4) is 0 Å². The molecule has 1 rings (SSSR count). The Morgan fingerprint density at radius 1 is 1.39 bits per heavy atom. The van der Waals surface area contributed by atoms with Crippen molar-refractivity contribution in [1.29, 1.82) is 0 Å². The van der Waals surface area contributed by atoms with Crippen LogP contribution < -0.4 is 10.5 Å². The third-order valence-electron chi connectivity index (χ3n) is 2.92. The number of nitrogen functional groups attached to an aromatic ring is 1. The molecule has 0 aliphatic carbocycles. The standard InChI is InChI=1S/C12H20N2O3S/c1-8(2)11(7-15)14-18(16,17)12-6-4-5-10(13)9(12)3/h4-6,8,11,14-15H,7,13H2,1-3H3. The van der Waals surface area contributed by atoms with E-state index in [0.717, 1.165) is 0 Å². The van der Waals surface area contributed by atoms with E-state index in [4.69, 9.17) is 5.73 Å². The second kappa shape index (κ2) is 5.69. The van der Waals surface area contributed by atoms with Gasteiger partial charge >= 0.3 is 0 Å². The van der Waals surface area contributed by atoms with Gasteiger partial charge in [0.1, 0.15) is 0 Å². The molecule has 1 aromatic rings. The van der Waals surface area contributed by atoms with Gasteiger partial charge in [-0.15, -0.1) is 0 Å². The average molecular weight is 272 g/mol. The molecule has 18 heavy (non-hydrogen) atoms. The lowest BCUT2D eigenvalue weighted by atomic mass is 10.1. The number of anilines is 1. The summed E-state index contributed by atoms with van der Waals surface area (Å²) in [5.41, 5.74) is 6.65. The summed E-state index contributed by atoms with van der Waals surface area (Å²) in [6.45, 7) is 5.11. The second-order valence-corrected chi connectivity index (χ2v) is 6.31. The smallest absolute Gasteiger partial charge is 0.241 e. The number of aliphatic hydroxyl groups is 1. The first-order chi connectivity index (χ1) is 8.29. The largest absolute Gasteiger partial charge is 0.398 e. The van der Waals surface area contributed by atoms with E-state index in [1.54, 1.807) is 19.1 Å². The van der Waals surface area contributed by atoms with Crippen molar-refractivity contribution in [1.82, 2.24) is 4.72 Å². The number of hydrogen-bond acceptors (Lipinski definition) is 4. The number of rotatable bonds is 5. The quantitative estimate of drug-likeness (QED) is 0.694. The second-order valence-electron chi connectivity index (χ2n) is 4.62. The van der Waals surface area contributed by atoms with Gasteiger partial charge < -0.3 is 10.8 Å². The van der Waals surface area contributed by atoms with Gasteiger partial charge in [0, 0.05) is 11.7 Å². The Bertz CT molecular complexity index is 512. The summed E-state index contributed by atoms with van der Waals surface area (Å²) in [5, 5.41) is 9.18. The van der Waals surface area contributed by atoms with Gasteiger partial charge in [0.05, 0.1) is 11.5 Å². The molecule has 0 aromatic heterocycles. The molecule has 0 fully saturated rings. The summed E-state index contributed by atoms with van der Waals surface area (Å²) < 4.78 is 26.9. The van der Waals surface area contributed by atoms with Gasteiger partial charge in [-0.3, -0.25) is 0 Å². The number of benzene rings is 1. The van der Waals surface area contributed by atoms with Gasteiger partial charge in [0.25, 0.3) is 0 Å². The Morgan fingerprint density at radius 3 is 2.50 bits per heavy atom. The maximum Gasteiger partial charge on any atom is 0.241 e. The summed E-state index contributed by atoms with van der Waals surface area (Å²) in [7, 11) is -3.66. The molecule has 0 amide bonds. The zero-order chi connectivity index (χ0) is 13.9. The summed E-state index contributed by atoms with van der Waals surface area (Å²) in [5.74, 6) is 0.00569. The van der Waals surface area contributed by atoms with E-state index in [1.807, 2.05) is 13.8 Å². The lowest BCUT2D eigenvalue weighted by molar-refractivity contribution is 0.227. The average Bonchev–Trinajstić information content (AvgIpc) is 2.29. The highest BCUT2D eigenvalue weighted by molar-refractivity contribution is 7.89. The highest BCUT2D eigenvalue weighted by Gasteiger charge is 2.23. The van der Waals surface area contributed by atoms with E-state index in [2.05, 4.69) is 4.72 Å². The third kappa shape index (κ3) is 3.22. The van der Waals surface area contributed by atoms with Crippen LogP contribution >= 0.6 is 0 Å².